The number of alkyl halides is 3. The van der Waals surface area contributed by atoms with Crippen molar-refractivity contribution in [2.24, 2.45) is 0 Å². The number of carbonyl (C=O) groups is 1. The fourth-order valence-electron chi connectivity index (χ4n) is 3.91. The molecular formula is C25H19Cl2F3N3O4S-. The van der Waals surface area contributed by atoms with Crippen LogP contribution in [0.15, 0.2) is 60.7 Å². The number of hydrogen-bond acceptors (Lipinski definition) is 5. The van der Waals surface area contributed by atoms with Crippen LogP contribution in [0, 0.1) is 0 Å². The summed E-state index contributed by atoms with van der Waals surface area (Å²) in [6, 6.07) is 15.2. The normalized spacial score (nSPS) is 12.5. The maximum atomic E-state index is 13.3. The molecule has 1 atom stereocenters. The number of benzene rings is 3. The Kier molecular flexibility index (Phi) is 8.31. The number of para-hydroxylation sites is 1. The second-order valence-corrected chi connectivity index (χ2v) is 9.65. The Morgan fingerprint density at radius 1 is 1.11 bits per heavy atom. The molecule has 1 unspecified atom stereocenters. The lowest BCUT2D eigenvalue weighted by Crippen LogP contribution is -2.33. The van der Waals surface area contributed by atoms with Gasteiger partial charge in [-0.2, -0.15) is 13.2 Å². The zero-order valence-corrected chi connectivity index (χ0v) is 22.0. The average molecular weight is 585 g/mol. The highest BCUT2D eigenvalue weighted by Gasteiger charge is 2.34. The molecule has 0 bridgehead atoms. The van der Waals surface area contributed by atoms with E-state index < -0.39 is 34.1 Å². The predicted molar refractivity (Wildman–Crippen MR) is 138 cm³/mol. The summed E-state index contributed by atoms with van der Waals surface area (Å²) in [5.41, 5.74) is 0.923. The van der Waals surface area contributed by atoms with Crippen LogP contribution in [0.3, 0.4) is 0 Å². The highest BCUT2D eigenvalue weighted by atomic mass is 35.5. The zero-order valence-electron chi connectivity index (χ0n) is 19.7. The van der Waals surface area contributed by atoms with Crippen LogP contribution in [0.25, 0.3) is 16.7 Å². The molecule has 0 aliphatic carbocycles. The monoisotopic (exact) mass is 584 g/mol. The lowest BCUT2D eigenvalue weighted by atomic mass is 10.1. The number of carbonyl (C=O) groups excluding carboxylic acids is 1. The van der Waals surface area contributed by atoms with Crippen molar-refractivity contribution in [3.8, 4) is 5.69 Å². The average Bonchev–Trinajstić information content (AvgIpc) is 3.21. The maximum absolute atomic E-state index is 13.3. The van der Waals surface area contributed by atoms with E-state index in [0.717, 1.165) is 11.6 Å². The number of fused-ring (bicyclic) bond motifs is 1. The van der Waals surface area contributed by atoms with E-state index in [0.29, 0.717) is 27.8 Å². The van der Waals surface area contributed by atoms with Crippen LogP contribution in [0.2, 0.25) is 10.0 Å². The minimum Gasteiger partial charge on any atom is -0.755 e. The SMILES string of the molecule is CCc1nc2cc(C(F)(F)F)c(Cl)cc2n1-c1cccc(CCOC(=O)N(c2ccccc2Cl)S(=O)[O-])c1. The molecule has 0 aliphatic heterocycles. The standard InChI is InChI=1S/C25H20Cl2F3N3O4S/c1-2-23-31-20-13-17(25(28,29)30)19(27)14-22(20)32(23)16-7-5-6-15(12-16)10-11-37-24(34)33(38(35)36)21-9-4-3-8-18(21)26/h3-9,12-14H,2,10-11H2,1H3,(H,35,36)/p-1. The summed E-state index contributed by atoms with van der Waals surface area (Å²) in [5.74, 6) is 0.535. The number of aromatic nitrogens is 2. The Bertz CT molecular complexity index is 1530. The molecule has 0 radical (unpaired) electrons. The summed E-state index contributed by atoms with van der Waals surface area (Å²) >= 11 is 9.02. The molecule has 38 heavy (non-hydrogen) atoms. The number of hydrogen-bond donors (Lipinski definition) is 0. The van der Waals surface area contributed by atoms with Gasteiger partial charge in [0.05, 0.1) is 50.2 Å². The molecule has 1 amide bonds. The van der Waals surface area contributed by atoms with Gasteiger partial charge in [0.1, 0.15) is 5.82 Å². The van der Waals surface area contributed by atoms with Crippen molar-refractivity contribution in [3.05, 3.63) is 87.7 Å². The van der Waals surface area contributed by atoms with Crippen LogP contribution >= 0.6 is 23.2 Å². The first kappa shape index (κ1) is 27.9. The highest BCUT2D eigenvalue weighted by molar-refractivity contribution is 7.81. The molecule has 13 heteroatoms. The summed E-state index contributed by atoms with van der Waals surface area (Å²) in [6.45, 7) is 1.69. The molecule has 1 aromatic heterocycles. The van der Waals surface area contributed by atoms with Crippen molar-refractivity contribution in [1.29, 1.82) is 0 Å². The van der Waals surface area contributed by atoms with Crippen LogP contribution < -0.4 is 4.31 Å². The molecule has 0 spiro atoms. The third kappa shape index (κ3) is 5.80. The van der Waals surface area contributed by atoms with E-state index in [2.05, 4.69) is 4.98 Å². The lowest BCUT2D eigenvalue weighted by Gasteiger charge is -2.24. The minimum atomic E-state index is -4.61. The van der Waals surface area contributed by atoms with Crippen LogP contribution in [-0.4, -0.2) is 31.0 Å². The Hall–Kier alpha value is -3.12. The summed E-state index contributed by atoms with van der Waals surface area (Å²) in [7, 11) is 0. The first-order valence-electron chi connectivity index (χ1n) is 11.2. The topological polar surface area (TPSA) is 87.5 Å². The van der Waals surface area contributed by atoms with Crippen LogP contribution in [-0.2, 0) is 35.0 Å². The molecule has 0 saturated heterocycles. The second-order valence-electron chi connectivity index (χ2n) is 8.03. The molecule has 4 rings (SSSR count). The van der Waals surface area contributed by atoms with Gasteiger partial charge in [0.2, 0.25) is 0 Å². The van der Waals surface area contributed by atoms with Crippen molar-refractivity contribution >= 4 is 57.3 Å². The second kappa shape index (κ2) is 11.3. The third-order valence-electron chi connectivity index (χ3n) is 5.61. The molecule has 7 nitrogen and oxygen atoms in total. The van der Waals surface area contributed by atoms with Gasteiger partial charge >= 0.3 is 12.3 Å². The number of ether oxygens (including phenoxy) is 1. The highest BCUT2D eigenvalue weighted by Crippen LogP contribution is 2.38. The summed E-state index contributed by atoms with van der Waals surface area (Å²) in [5, 5.41) is -0.376. The fraction of sp³-hybridized carbons (Fsp3) is 0.200. The zero-order chi connectivity index (χ0) is 27.6. The van der Waals surface area contributed by atoms with Crippen LogP contribution in [0.4, 0.5) is 23.7 Å². The van der Waals surface area contributed by atoms with E-state index >= 15 is 0 Å². The Balaban J connectivity index is 1.56. The Morgan fingerprint density at radius 3 is 2.50 bits per heavy atom. The summed E-state index contributed by atoms with van der Waals surface area (Å²) < 4.78 is 70.6. The number of aryl methyl sites for hydroxylation is 1. The van der Waals surface area contributed by atoms with Crippen LogP contribution in [0.1, 0.15) is 23.9 Å². The third-order valence-corrected chi connectivity index (χ3v) is 6.88. The quantitative estimate of drug-likeness (QED) is 0.221. The van der Waals surface area contributed by atoms with Crippen LogP contribution in [0.5, 0.6) is 0 Å². The molecule has 4 aromatic rings. The first-order chi connectivity index (χ1) is 18.0. The van der Waals surface area contributed by atoms with E-state index in [1.807, 2.05) is 6.92 Å². The van der Waals surface area contributed by atoms with Crippen molar-refractivity contribution in [1.82, 2.24) is 9.55 Å². The van der Waals surface area contributed by atoms with Gasteiger partial charge in [0.15, 0.2) is 0 Å². The lowest BCUT2D eigenvalue weighted by molar-refractivity contribution is -0.137. The predicted octanol–water partition coefficient (Wildman–Crippen LogP) is 6.89. The number of halogens is 5. The first-order valence-corrected chi connectivity index (χ1v) is 13.0. The molecule has 1 heterocycles. The van der Waals surface area contributed by atoms with Gasteiger partial charge in [-0.3, -0.25) is 8.78 Å². The smallest absolute Gasteiger partial charge is 0.425 e. The van der Waals surface area contributed by atoms with Gasteiger partial charge in [-0.25, -0.2) is 14.1 Å². The van der Waals surface area contributed by atoms with E-state index in [9.17, 15) is 26.7 Å². The molecule has 200 valence electrons. The maximum Gasteiger partial charge on any atom is 0.425 e. The van der Waals surface area contributed by atoms with Crippen molar-refractivity contribution in [2.75, 3.05) is 10.9 Å². The minimum absolute atomic E-state index is 0.0408. The molecule has 0 saturated carbocycles. The Labute approximate surface area is 228 Å². The molecular weight excluding hydrogens is 566 g/mol. The number of nitrogens with zero attached hydrogens (tertiary/aromatic N) is 3. The van der Waals surface area contributed by atoms with Crippen molar-refractivity contribution in [2.45, 2.75) is 25.9 Å². The molecule has 0 fully saturated rings. The summed E-state index contributed by atoms with van der Waals surface area (Å²) in [4.78, 5) is 16.9. The number of imidazole rings is 1. The van der Waals surface area contributed by atoms with Gasteiger partial charge < -0.3 is 9.29 Å². The largest absolute Gasteiger partial charge is 0.755 e. The number of rotatable bonds is 7. The van der Waals surface area contributed by atoms with E-state index in [4.69, 9.17) is 27.9 Å². The van der Waals surface area contributed by atoms with Gasteiger partial charge in [-0.15, -0.1) is 0 Å². The number of anilines is 1. The van der Waals surface area contributed by atoms with Gasteiger partial charge in [-0.1, -0.05) is 54.4 Å². The van der Waals surface area contributed by atoms with Crippen molar-refractivity contribution < 1.29 is 31.5 Å². The fourth-order valence-corrected chi connectivity index (χ4v) is 4.94. The van der Waals surface area contributed by atoms with E-state index in [-0.39, 0.29) is 29.3 Å². The van der Waals surface area contributed by atoms with Gasteiger partial charge in [0, 0.05) is 18.5 Å². The van der Waals surface area contributed by atoms with E-state index in [1.54, 1.807) is 34.9 Å². The summed E-state index contributed by atoms with van der Waals surface area (Å²) in [6.07, 6.45) is -5.06. The molecule has 0 aliphatic rings. The molecule has 3 aromatic carbocycles. The van der Waals surface area contributed by atoms with Gasteiger partial charge in [-0.05, 0) is 42.0 Å². The number of amides is 1. The van der Waals surface area contributed by atoms with Gasteiger partial charge in [0.25, 0.3) is 0 Å². The van der Waals surface area contributed by atoms with Crippen molar-refractivity contribution in [3.63, 3.8) is 0 Å². The molecule has 0 N–H and O–H groups in total. The Morgan fingerprint density at radius 2 is 1.84 bits per heavy atom. The van der Waals surface area contributed by atoms with E-state index in [1.165, 1.54) is 24.3 Å².